The van der Waals surface area contributed by atoms with Gasteiger partial charge in [0.1, 0.15) is 18.0 Å². The molecule has 0 radical (unpaired) electrons. The molecule has 8 nitrogen and oxygen atoms in total. The van der Waals surface area contributed by atoms with Gasteiger partial charge in [-0.3, -0.25) is 4.79 Å². The number of hydrogen-bond acceptors (Lipinski definition) is 7. The monoisotopic (exact) mass is 476 g/mol. The zero-order valence-electron chi connectivity index (χ0n) is 19.8. The van der Waals surface area contributed by atoms with E-state index in [9.17, 15) is 4.79 Å². The van der Waals surface area contributed by atoms with Gasteiger partial charge in [0.2, 0.25) is 0 Å². The maximum absolute atomic E-state index is 15.4. The first kappa shape index (κ1) is 23.3. The number of pyridine rings is 1. The van der Waals surface area contributed by atoms with Crippen LogP contribution in [0.15, 0.2) is 42.9 Å². The second-order valence-electron chi connectivity index (χ2n) is 9.07. The van der Waals surface area contributed by atoms with Crippen LogP contribution in [0.25, 0.3) is 22.4 Å². The predicted octanol–water partition coefficient (Wildman–Crippen LogP) is 3.08. The number of nitrogens with zero attached hydrogens (tertiary/aromatic N) is 4. The van der Waals surface area contributed by atoms with E-state index in [0.717, 1.165) is 42.8 Å². The van der Waals surface area contributed by atoms with Crippen LogP contribution in [0, 0.1) is 5.82 Å². The van der Waals surface area contributed by atoms with Crippen LogP contribution in [0.5, 0.6) is 0 Å². The number of carbonyl (C=O) groups excluding carboxylic acids is 1. The van der Waals surface area contributed by atoms with E-state index in [-0.39, 0.29) is 17.1 Å². The Morgan fingerprint density at radius 3 is 2.69 bits per heavy atom. The van der Waals surface area contributed by atoms with E-state index < -0.39 is 5.82 Å². The molecule has 2 fully saturated rings. The van der Waals surface area contributed by atoms with Crippen LogP contribution in [0.4, 0.5) is 10.2 Å². The fraction of sp³-hybridized carbons (Fsp3) is 0.385. The number of halogens is 1. The van der Waals surface area contributed by atoms with Gasteiger partial charge in [0.25, 0.3) is 5.91 Å². The van der Waals surface area contributed by atoms with Gasteiger partial charge in [-0.15, -0.1) is 0 Å². The number of aromatic nitrogens is 3. The van der Waals surface area contributed by atoms with Crippen molar-refractivity contribution in [2.24, 2.45) is 0 Å². The van der Waals surface area contributed by atoms with E-state index in [1.54, 1.807) is 29.3 Å². The summed E-state index contributed by atoms with van der Waals surface area (Å²) in [4.78, 5) is 28.1. The summed E-state index contributed by atoms with van der Waals surface area (Å²) >= 11 is 0. The number of nitrogens with two attached hydrogens (primary N) is 1. The van der Waals surface area contributed by atoms with Crippen LogP contribution in [-0.4, -0.2) is 64.1 Å². The molecule has 0 atom stereocenters. The lowest BCUT2D eigenvalue weighted by Gasteiger charge is -2.45. The highest BCUT2D eigenvalue weighted by Crippen LogP contribution is 2.34. The van der Waals surface area contributed by atoms with E-state index in [1.165, 1.54) is 12.4 Å². The van der Waals surface area contributed by atoms with Crippen molar-refractivity contribution in [2.75, 3.05) is 38.5 Å². The van der Waals surface area contributed by atoms with Crippen LogP contribution in [0.1, 0.15) is 35.8 Å². The Morgan fingerprint density at radius 1 is 1.17 bits per heavy atom. The molecule has 0 bridgehead atoms. The van der Waals surface area contributed by atoms with Crippen LogP contribution >= 0.6 is 0 Å². The highest BCUT2D eigenvalue weighted by molar-refractivity contribution is 5.95. The quantitative estimate of drug-likeness (QED) is 0.596. The summed E-state index contributed by atoms with van der Waals surface area (Å²) in [7, 11) is 0. The number of aryl methyl sites for hydroxylation is 1. The maximum Gasteiger partial charge on any atom is 0.257 e. The van der Waals surface area contributed by atoms with Gasteiger partial charge in [0.15, 0.2) is 0 Å². The molecule has 0 aliphatic carbocycles. The summed E-state index contributed by atoms with van der Waals surface area (Å²) < 4.78 is 21.4. The van der Waals surface area contributed by atoms with Crippen molar-refractivity contribution in [3.8, 4) is 22.4 Å². The third kappa shape index (κ3) is 4.61. The number of hydrogen-bond donors (Lipinski definition) is 2. The Morgan fingerprint density at radius 2 is 1.97 bits per heavy atom. The molecule has 1 amide bonds. The third-order valence-corrected chi connectivity index (χ3v) is 6.86. The van der Waals surface area contributed by atoms with Gasteiger partial charge in [-0.1, -0.05) is 13.0 Å². The number of piperidine rings is 1. The SMILES string of the molecule is CCc1ncnc(-c2ccc(C(=O)N3CCOC4(CCNCC4)C3)c(F)c2)c1-c1ccc(N)nc1. The summed E-state index contributed by atoms with van der Waals surface area (Å²) in [5.41, 5.74) is 9.03. The third-order valence-electron chi connectivity index (χ3n) is 6.86. The van der Waals surface area contributed by atoms with E-state index in [4.69, 9.17) is 10.5 Å². The molecule has 0 saturated carbocycles. The minimum atomic E-state index is -0.573. The zero-order chi connectivity index (χ0) is 24.4. The number of nitrogens with one attached hydrogen (secondary N) is 1. The molecule has 2 aromatic heterocycles. The van der Waals surface area contributed by atoms with Gasteiger partial charge < -0.3 is 20.7 Å². The second-order valence-corrected chi connectivity index (χ2v) is 9.07. The van der Waals surface area contributed by atoms with Gasteiger partial charge in [0.05, 0.1) is 35.7 Å². The maximum atomic E-state index is 15.4. The minimum absolute atomic E-state index is 0.0557. The van der Waals surface area contributed by atoms with Crippen LogP contribution < -0.4 is 11.1 Å². The Labute approximate surface area is 203 Å². The lowest BCUT2D eigenvalue weighted by atomic mass is 9.90. The Hall–Kier alpha value is -3.43. The molecule has 0 unspecified atom stereocenters. The van der Waals surface area contributed by atoms with Crippen LogP contribution in [-0.2, 0) is 11.2 Å². The second kappa shape index (κ2) is 9.67. The molecular formula is C26H29FN6O2. The Bertz CT molecular complexity index is 1220. The molecule has 9 heteroatoms. The number of anilines is 1. The summed E-state index contributed by atoms with van der Waals surface area (Å²) in [6.07, 6.45) is 5.50. The molecule has 3 aromatic rings. The molecule has 3 N–H and O–H groups in total. The molecule has 35 heavy (non-hydrogen) atoms. The summed E-state index contributed by atoms with van der Waals surface area (Å²) in [5, 5.41) is 3.33. The fourth-order valence-electron chi connectivity index (χ4n) is 4.97. The molecule has 182 valence electrons. The van der Waals surface area contributed by atoms with E-state index in [0.29, 0.717) is 43.2 Å². The minimum Gasteiger partial charge on any atom is -0.384 e. The van der Waals surface area contributed by atoms with E-state index in [1.807, 2.05) is 13.0 Å². The number of benzene rings is 1. The summed E-state index contributed by atoms with van der Waals surface area (Å²) in [6, 6.07) is 8.24. The molecule has 1 spiro atoms. The van der Waals surface area contributed by atoms with Gasteiger partial charge in [-0.05, 0) is 56.6 Å². The van der Waals surface area contributed by atoms with Crippen LogP contribution in [0.2, 0.25) is 0 Å². The van der Waals surface area contributed by atoms with Gasteiger partial charge in [-0.25, -0.2) is 19.3 Å². The van der Waals surface area contributed by atoms with Crippen molar-refractivity contribution >= 4 is 11.7 Å². The topological polar surface area (TPSA) is 106 Å². The van der Waals surface area contributed by atoms with E-state index >= 15 is 4.39 Å². The van der Waals surface area contributed by atoms with Crippen LogP contribution in [0.3, 0.4) is 0 Å². The molecule has 1 aromatic carbocycles. The van der Waals surface area contributed by atoms with Crippen molar-refractivity contribution in [3.05, 3.63) is 59.9 Å². The first-order chi connectivity index (χ1) is 17.0. The first-order valence-electron chi connectivity index (χ1n) is 12.0. The Kier molecular flexibility index (Phi) is 6.44. The van der Waals surface area contributed by atoms with Gasteiger partial charge in [-0.2, -0.15) is 0 Å². The Balaban J connectivity index is 1.46. The summed E-state index contributed by atoms with van der Waals surface area (Å²) in [6.45, 7) is 5.11. The number of morpholine rings is 1. The fourth-order valence-corrected chi connectivity index (χ4v) is 4.97. The molecule has 2 saturated heterocycles. The molecular weight excluding hydrogens is 447 g/mol. The normalized spacial score (nSPS) is 17.5. The molecule has 2 aliphatic heterocycles. The number of amides is 1. The van der Waals surface area contributed by atoms with Crippen molar-refractivity contribution in [2.45, 2.75) is 31.8 Å². The van der Waals surface area contributed by atoms with Crippen molar-refractivity contribution in [3.63, 3.8) is 0 Å². The average molecular weight is 477 g/mol. The lowest BCUT2D eigenvalue weighted by Crippen LogP contribution is -2.57. The van der Waals surface area contributed by atoms with Gasteiger partial charge in [0, 0.05) is 29.4 Å². The van der Waals surface area contributed by atoms with Gasteiger partial charge >= 0.3 is 0 Å². The largest absolute Gasteiger partial charge is 0.384 e. The highest BCUT2D eigenvalue weighted by Gasteiger charge is 2.39. The number of nitrogen functional groups attached to an aromatic ring is 1. The number of rotatable bonds is 4. The molecule has 2 aliphatic rings. The standard InChI is InChI=1S/C26H29FN6O2/c1-2-21-23(18-4-6-22(28)30-14-18)24(32-16-31-21)17-3-5-19(20(27)13-17)25(34)33-11-12-35-26(15-33)7-9-29-10-8-26/h3-6,13-14,16,29H,2,7-12,15H2,1H3,(H2,28,30). The first-order valence-corrected chi connectivity index (χ1v) is 12.0. The number of carbonyl (C=O) groups is 1. The van der Waals surface area contributed by atoms with E-state index in [2.05, 4.69) is 20.3 Å². The molecule has 4 heterocycles. The average Bonchev–Trinajstić information content (AvgIpc) is 2.89. The van der Waals surface area contributed by atoms with Crippen molar-refractivity contribution in [1.82, 2.24) is 25.2 Å². The molecule has 5 rings (SSSR count). The van der Waals surface area contributed by atoms with Crippen molar-refractivity contribution < 1.29 is 13.9 Å². The van der Waals surface area contributed by atoms with Crippen molar-refractivity contribution in [1.29, 1.82) is 0 Å². The summed E-state index contributed by atoms with van der Waals surface area (Å²) in [5.74, 6) is -0.472. The lowest BCUT2D eigenvalue weighted by molar-refractivity contribution is -0.114. The zero-order valence-corrected chi connectivity index (χ0v) is 19.8. The predicted molar refractivity (Wildman–Crippen MR) is 131 cm³/mol. The smallest absolute Gasteiger partial charge is 0.257 e. The number of ether oxygens (including phenoxy) is 1. The highest BCUT2D eigenvalue weighted by atomic mass is 19.1.